The van der Waals surface area contributed by atoms with Crippen molar-refractivity contribution < 1.29 is 22.6 Å². The number of allylic oxidation sites excluding steroid dienone is 4. The third-order valence-electron chi connectivity index (χ3n) is 5.11. The molecule has 0 fully saturated rings. The minimum Gasteiger partial charge on any atom is -0.356 e. The number of aromatic nitrogens is 1. The van der Waals surface area contributed by atoms with Gasteiger partial charge in [-0.1, -0.05) is 49.5 Å². The van der Waals surface area contributed by atoms with Crippen LogP contribution in [0, 0.1) is 5.92 Å². The molecular weight excluding hydrogens is 492 g/mol. The van der Waals surface area contributed by atoms with Crippen molar-refractivity contribution in [1.29, 1.82) is 0 Å². The first kappa shape index (κ1) is 24.4. The van der Waals surface area contributed by atoms with Gasteiger partial charge in [-0.15, -0.1) is 0 Å². The molecule has 182 valence electrons. The van der Waals surface area contributed by atoms with Gasteiger partial charge in [-0.2, -0.15) is 18.6 Å². The van der Waals surface area contributed by atoms with E-state index in [1.807, 2.05) is 13.8 Å². The number of amides is 1. The first-order valence-corrected chi connectivity index (χ1v) is 12.8. The van der Waals surface area contributed by atoms with Crippen molar-refractivity contribution in [3.63, 3.8) is 0 Å². The zero-order chi connectivity index (χ0) is 25.2. The Morgan fingerprint density at radius 1 is 1.20 bits per heavy atom. The fourth-order valence-electron chi connectivity index (χ4n) is 3.33. The maximum absolute atomic E-state index is 12.2. The van der Waals surface area contributed by atoms with Crippen LogP contribution in [-0.4, -0.2) is 53.7 Å². The van der Waals surface area contributed by atoms with E-state index in [0.717, 1.165) is 4.70 Å². The van der Waals surface area contributed by atoms with Crippen LogP contribution in [0.25, 0.3) is 10.2 Å². The molecule has 0 saturated carbocycles. The quantitative estimate of drug-likeness (QED) is 0.236. The molecule has 0 aliphatic carbocycles. The molecule has 0 radical (unpaired) electrons. The molecule has 1 aromatic heterocycles. The number of carbonyl (C=O) groups excluding carboxylic acids is 2. The lowest BCUT2D eigenvalue weighted by Gasteiger charge is -2.02. The molecule has 0 bridgehead atoms. The van der Waals surface area contributed by atoms with Crippen molar-refractivity contribution in [3.8, 4) is 0 Å². The van der Waals surface area contributed by atoms with E-state index in [1.54, 1.807) is 36.4 Å². The molecule has 2 aliphatic heterocycles. The fourth-order valence-corrected chi connectivity index (χ4v) is 4.67. The molecule has 3 heterocycles. The zero-order valence-electron chi connectivity index (χ0n) is 18.7. The molecule has 4 rings (SSSR count). The molecule has 4 N–H and O–H groups in total. The number of nitrogens with one attached hydrogen (secondary N) is 3. The monoisotopic (exact) mass is 514 g/mol. The average molecular weight is 515 g/mol. The van der Waals surface area contributed by atoms with Crippen molar-refractivity contribution in [2.24, 2.45) is 16.1 Å². The molecule has 35 heavy (non-hydrogen) atoms. The highest BCUT2D eigenvalue weighted by molar-refractivity contribution is 7.85. The number of hydrogen-bond donors (Lipinski definition) is 4. The number of fused-ring (bicyclic) bond motifs is 1. The SMILES string of the molecule is CC(C)C1=NNC(C=CC=CC=C2C(=O)NN=C2CNc2nc3cc(S(=O)(=O)O)ccc3s2)C1=O. The van der Waals surface area contributed by atoms with Gasteiger partial charge >= 0.3 is 0 Å². The smallest absolute Gasteiger partial charge is 0.294 e. The van der Waals surface area contributed by atoms with Crippen LogP contribution in [0.1, 0.15) is 13.8 Å². The summed E-state index contributed by atoms with van der Waals surface area (Å²) in [6.45, 7) is 4.02. The number of hydrazone groups is 2. The highest BCUT2D eigenvalue weighted by atomic mass is 32.2. The second-order valence-corrected chi connectivity index (χ2v) is 10.4. The van der Waals surface area contributed by atoms with E-state index in [-0.39, 0.29) is 29.0 Å². The summed E-state index contributed by atoms with van der Waals surface area (Å²) in [6.07, 6.45) is 8.39. The number of Topliss-reactive ketones (excluding diaryl/α,β-unsaturated/α-hetero) is 1. The van der Waals surface area contributed by atoms with Gasteiger partial charge in [0.1, 0.15) is 11.8 Å². The van der Waals surface area contributed by atoms with E-state index in [1.165, 1.54) is 23.5 Å². The van der Waals surface area contributed by atoms with Crippen LogP contribution in [0.2, 0.25) is 0 Å². The number of ketones is 1. The minimum absolute atomic E-state index is 0.0530. The van der Waals surface area contributed by atoms with Crippen LogP contribution in [0.3, 0.4) is 0 Å². The molecule has 1 atom stereocenters. The molecule has 0 spiro atoms. The molecule has 1 amide bonds. The molecule has 1 aromatic carbocycles. The van der Waals surface area contributed by atoms with E-state index in [2.05, 4.69) is 31.4 Å². The van der Waals surface area contributed by atoms with E-state index >= 15 is 0 Å². The Kier molecular flexibility index (Phi) is 6.91. The van der Waals surface area contributed by atoms with Gasteiger partial charge in [0.05, 0.1) is 32.9 Å². The number of carbonyl (C=O) groups is 2. The number of benzene rings is 1. The summed E-state index contributed by atoms with van der Waals surface area (Å²) in [6, 6.07) is 3.66. The minimum atomic E-state index is -4.32. The number of rotatable bonds is 8. The van der Waals surface area contributed by atoms with E-state index in [4.69, 9.17) is 0 Å². The van der Waals surface area contributed by atoms with Crippen LogP contribution in [-0.2, 0) is 19.7 Å². The molecule has 2 aromatic rings. The lowest BCUT2D eigenvalue weighted by atomic mass is 10.0. The van der Waals surface area contributed by atoms with Gasteiger partial charge in [-0.25, -0.2) is 10.4 Å². The fraction of sp³-hybridized carbons (Fsp3) is 0.227. The summed E-state index contributed by atoms with van der Waals surface area (Å²) < 4.78 is 32.6. The maximum Gasteiger partial charge on any atom is 0.294 e. The first-order chi connectivity index (χ1) is 16.6. The third-order valence-corrected chi connectivity index (χ3v) is 6.95. The molecule has 11 nitrogen and oxygen atoms in total. The van der Waals surface area contributed by atoms with E-state index in [9.17, 15) is 22.6 Å². The summed E-state index contributed by atoms with van der Waals surface area (Å²) in [4.78, 5) is 28.5. The normalized spacial score (nSPS) is 19.8. The Bertz CT molecular complexity index is 1450. The zero-order valence-corrected chi connectivity index (χ0v) is 20.4. The Balaban J connectivity index is 1.37. The van der Waals surface area contributed by atoms with Crippen molar-refractivity contribution in [2.75, 3.05) is 11.9 Å². The van der Waals surface area contributed by atoms with Gasteiger partial charge in [0.25, 0.3) is 16.0 Å². The Morgan fingerprint density at radius 3 is 2.71 bits per heavy atom. The van der Waals surface area contributed by atoms with Crippen LogP contribution in [0.5, 0.6) is 0 Å². The number of thiazole rings is 1. The summed E-state index contributed by atoms with van der Waals surface area (Å²) in [5.74, 6) is -0.347. The standard InChI is InChI=1S/C22H22N6O5S2/c1-12(2)19-20(29)15(25-27-19)7-5-3-4-6-14-17(26-28-21(14)30)11-23-22-24-16-10-13(35(31,32)33)8-9-18(16)34-22/h3-10,12,15,25H,11H2,1-2H3,(H,23,24)(H,28,30)(H,31,32,33). The predicted molar refractivity (Wildman–Crippen MR) is 134 cm³/mol. The van der Waals surface area contributed by atoms with Gasteiger partial charge < -0.3 is 5.32 Å². The van der Waals surface area contributed by atoms with Gasteiger partial charge in [-0.3, -0.25) is 19.6 Å². The second kappa shape index (κ2) is 9.90. The van der Waals surface area contributed by atoms with Crippen molar-refractivity contribution in [1.82, 2.24) is 15.8 Å². The van der Waals surface area contributed by atoms with E-state index in [0.29, 0.717) is 27.6 Å². The first-order valence-electron chi connectivity index (χ1n) is 10.5. The second-order valence-electron chi connectivity index (χ2n) is 7.95. The summed E-state index contributed by atoms with van der Waals surface area (Å²) in [7, 11) is -4.32. The largest absolute Gasteiger partial charge is 0.356 e. The van der Waals surface area contributed by atoms with Crippen LogP contribution >= 0.6 is 11.3 Å². The molecule has 13 heteroatoms. The Hall–Kier alpha value is -3.68. The van der Waals surface area contributed by atoms with Gasteiger partial charge in [0.2, 0.25) is 5.78 Å². The van der Waals surface area contributed by atoms with Crippen molar-refractivity contribution in [3.05, 3.63) is 54.2 Å². The Morgan fingerprint density at radius 2 is 2.00 bits per heavy atom. The Labute approximate surface area is 205 Å². The van der Waals surface area contributed by atoms with Crippen molar-refractivity contribution >= 4 is 59.9 Å². The van der Waals surface area contributed by atoms with E-state index < -0.39 is 16.2 Å². The summed E-state index contributed by atoms with van der Waals surface area (Å²) in [5.41, 5.74) is 7.01. The molecule has 0 saturated heterocycles. The summed E-state index contributed by atoms with van der Waals surface area (Å²) in [5, 5.41) is 11.7. The summed E-state index contributed by atoms with van der Waals surface area (Å²) >= 11 is 1.30. The van der Waals surface area contributed by atoms with Gasteiger partial charge in [0.15, 0.2) is 5.13 Å². The predicted octanol–water partition coefficient (Wildman–Crippen LogP) is 2.03. The number of hydrogen-bond acceptors (Lipinski definition) is 10. The number of anilines is 1. The molecule has 2 aliphatic rings. The van der Waals surface area contributed by atoms with Gasteiger partial charge in [0, 0.05) is 5.92 Å². The van der Waals surface area contributed by atoms with Crippen LogP contribution in [0.15, 0.2) is 69.3 Å². The highest BCUT2D eigenvalue weighted by Crippen LogP contribution is 2.28. The lowest BCUT2D eigenvalue weighted by Crippen LogP contribution is -2.29. The highest BCUT2D eigenvalue weighted by Gasteiger charge is 2.28. The topological polar surface area (TPSA) is 162 Å². The lowest BCUT2D eigenvalue weighted by molar-refractivity contribution is -0.116. The maximum atomic E-state index is 12.2. The average Bonchev–Trinajstić information content (AvgIpc) is 3.48. The number of nitrogens with zero attached hydrogens (tertiary/aromatic N) is 3. The van der Waals surface area contributed by atoms with Crippen molar-refractivity contribution in [2.45, 2.75) is 24.8 Å². The van der Waals surface area contributed by atoms with Gasteiger partial charge in [-0.05, 0) is 24.3 Å². The molecule has 1 unspecified atom stereocenters. The van der Waals surface area contributed by atoms with Crippen LogP contribution < -0.4 is 16.2 Å². The third kappa shape index (κ3) is 5.53. The molecular formula is C22H22N6O5S2. The van der Waals surface area contributed by atoms with Crippen LogP contribution in [0.4, 0.5) is 5.13 Å².